The van der Waals surface area contributed by atoms with E-state index in [0.29, 0.717) is 37.3 Å². The summed E-state index contributed by atoms with van der Waals surface area (Å²) in [6.45, 7) is 4.66. The summed E-state index contributed by atoms with van der Waals surface area (Å²) in [7, 11) is 0. The van der Waals surface area contributed by atoms with Crippen LogP contribution in [0.3, 0.4) is 0 Å². The monoisotopic (exact) mass is 438 g/mol. The summed E-state index contributed by atoms with van der Waals surface area (Å²) in [5.41, 5.74) is 7.54. The number of carbonyl (C=O) groups excluding carboxylic acids is 1. The summed E-state index contributed by atoms with van der Waals surface area (Å²) in [6.07, 6.45) is 7.12. The van der Waals surface area contributed by atoms with Crippen LogP contribution in [0.1, 0.15) is 36.5 Å². The molecule has 2 aliphatic rings. The maximum Gasteiger partial charge on any atom is 0.252 e. The van der Waals surface area contributed by atoms with Crippen LogP contribution in [-0.2, 0) is 4.74 Å². The van der Waals surface area contributed by atoms with Gasteiger partial charge >= 0.3 is 0 Å². The van der Waals surface area contributed by atoms with E-state index in [0.717, 1.165) is 36.5 Å². The van der Waals surface area contributed by atoms with E-state index in [1.165, 1.54) is 6.20 Å². The minimum Gasteiger partial charge on any atom is -0.378 e. The third-order valence-electron chi connectivity index (χ3n) is 6.52. The average Bonchev–Trinajstić information content (AvgIpc) is 3.37. The summed E-state index contributed by atoms with van der Waals surface area (Å²) in [6, 6.07) is 5.55. The fourth-order valence-corrected chi connectivity index (χ4v) is 4.61. The molecule has 5 rings (SSSR count). The van der Waals surface area contributed by atoms with Crippen LogP contribution in [0.4, 0.5) is 15.9 Å². The van der Waals surface area contributed by atoms with E-state index in [-0.39, 0.29) is 11.6 Å². The molecule has 168 valence electrons. The van der Waals surface area contributed by atoms with Crippen molar-refractivity contribution in [2.24, 2.45) is 5.73 Å². The van der Waals surface area contributed by atoms with Gasteiger partial charge in [-0.15, -0.1) is 0 Å². The second kappa shape index (κ2) is 8.05. The number of hydrogen-bond acceptors (Lipinski definition) is 6. The number of primary amides is 1. The van der Waals surface area contributed by atoms with E-state index < -0.39 is 11.6 Å². The average molecular weight is 439 g/mol. The second-order valence-corrected chi connectivity index (χ2v) is 8.73. The Bertz CT molecular complexity index is 1140. The molecule has 2 atom stereocenters. The normalized spacial score (nSPS) is 23.6. The fourth-order valence-electron chi connectivity index (χ4n) is 4.61. The molecule has 2 unspecified atom stereocenters. The lowest BCUT2D eigenvalue weighted by molar-refractivity contribution is 0.1000. The van der Waals surface area contributed by atoms with Crippen LogP contribution in [0.15, 0.2) is 36.8 Å². The molecule has 4 heterocycles. The van der Waals surface area contributed by atoms with Crippen LogP contribution in [0, 0.1) is 0 Å². The highest BCUT2D eigenvalue weighted by Gasteiger charge is 2.39. The van der Waals surface area contributed by atoms with Crippen LogP contribution < -0.4 is 16.0 Å². The Morgan fingerprint density at radius 3 is 2.75 bits per heavy atom. The highest BCUT2D eigenvalue weighted by molar-refractivity contribution is 6.02. The number of rotatable bonds is 5. The Morgan fingerprint density at radius 2 is 2.09 bits per heavy atom. The van der Waals surface area contributed by atoms with Crippen LogP contribution in [0.5, 0.6) is 0 Å². The number of hydrogen-bond donors (Lipinski definition) is 2. The molecule has 8 nitrogen and oxygen atoms in total. The van der Waals surface area contributed by atoms with Gasteiger partial charge in [-0.05, 0) is 44.4 Å². The van der Waals surface area contributed by atoms with E-state index >= 15 is 0 Å². The predicted octanol–water partition coefficient (Wildman–Crippen LogP) is 3.02. The smallest absolute Gasteiger partial charge is 0.252 e. The summed E-state index contributed by atoms with van der Waals surface area (Å²) >= 11 is 0. The van der Waals surface area contributed by atoms with Crippen LogP contribution in [-0.4, -0.2) is 58.5 Å². The maximum atomic E-state index is 14.9. The Morgan fingerprint density at radius 1 is 1.28 bits per heavy atom. The number of fused-ring (bicyclic) bond motifs is 1. The van der Waals surface area contributed by atoms with Crippen molar-refractivity contribution in [3.05, 3.63) is 42.4 Å². The van der Waals surface area contributed by atoms with E-state index in [4.69, 9.17) is 10.5 Å². The summed E-state index contributed by atoms with van der Waals surface area (Å²) < 4.78 is 22.0. The second-order valence-electron chi connectivity index (χ2n) is 8.73. The van der Waals surface area contributed by atoms with E-state index in [1.54, 1.807) is 11.4 Å². The molecular weight excluding hydrogens is 411 g/mol. The molecule has 0 spiro atoms. The largest absolute Gasteiger partial charge is 0.378 e. The van der Waals surface area contributed by atoms with Gasteiger partial charge in [-0.25, -0.2) is 13.9 Å². The molecule has 3 N–H and O–H groups in total. The van der Waals surface area contributed by atoms with Crippen molar-refractivity contribution in [2.45, 2.75) is 37.9 Å². The molecule has 0 radical (unpaired) electrons. The van der Waals surface area contributed by atoms with Crippen molar-refractivity contribution in [3.8, 4) is 11.1 Å². The van der Waals surface area contributed by atoms with Crippen LogP contribution >= 0.6 is 0 Å². The first-order chi connectivity index (χ1) is 15.4. The minimum atomic E-state index is -1.34. The third kappa shape index (κ3) is 3.77. The van der Waals surface area contributed by atoms with Gasteiger partial charge in [0.05, 0.1) is 42.2 Å². The number of anilines is 2. The summed E-state index contributed by atoms with van der Waals surface area (Å²) in [4.78, 5) is 18.9. The quantitative estimate of drug-likeness (QED) is 0.636. The molecular formula is C23H27FN6O2. The fraction of sp³-hybridized carbons (Fsp3) is 0.435. The number of alkyl halides is 1. The topological polar surface area (TPSA) is 97.8 Å². The first-order valence-corrected chi connectivity index (χ1v) is 11.0. The van der Waals surface area contributed by atoms with Gasteiger partial charge in [-0.2, -0.15) is 5.10 Å². The maximum absolute atomic E-state index is 14.9. The Labute approximate surface area is 185 Å². The number of pyridine rings is 1. The number of ether oxygens (including phenoxy) is 1. The van der Waals surface area contributed by atoms with Crippen molar-refractivity contribution in [1.82, 2.24) is 14.6 Å². The standard InChI is InChI=1S/C23H27FN6O2/c1-23(24)6-2-3-19(23)28-21-17(22(25)31)13-27-30-14-16(11-18(21)30)15-4-5-20(26-12-15)29-7-9-32-10-8-29/h4-5,11-14,19,28H,2-3,6-10H2,1H3,(H2,25,31). The number of halogens is 1. The predicted molar refractivity (Wildman–Crippen MR) is 121 cm³/mol. The number of nitrogens with zero attached hydrogens (tertiary/aromatic N) is 4. The molecule has 2 fully saturated rings. The minimum absolute atomic E-state index is 0.255. The zero-order valence-electron chi connectivity index (χ0n) is 18.1. The molecule has 3 aromatic rings. The van der Waals surface area contributed by atoms with Crippen molar-refractivity contribution in [3.63, 3.8) is 0 Å². The molecule has 1 saturated carbocycles. The van der Waals surface area contributed by atoms with E-state index in [1.807, 2.05) is 30.6 Å². The number of amides is 1. The van der Waals surface area contributed by atoms with Crippen LogP contribution in [0.25, 0.3) is 16.6 Å². The zero-order chi connectivity index (χ0) is 22.3. The lowest BCUT2D eigenvalue weighted by Gasteiger charge is -2.27. The molecule has 1 aliphatic carbocycles. The molecule has 32 heavy (non-hydrogen) atoms. The number of carbonyl (C=O) groups is 1. The van der Waals surface area contributed by atoms with Crippen molar-refractivity contribution in [1.29, 1.82) is 0 Å². The SMILES string of the molecule is CC1(F)CCCC1Nc1c(C(N)=O)cnn2cc(-c3ccc(N4CCOCC4)nc3)cc12. The highest BCUT2D eigenvalue weighted by atomic mass is 19.1. The van der Waals surface area contributed by atoms with Gasteiger partial charge < -0.3 is 20.7 Å². The molecule has 3 aromatic heterocycles. The van der Waals surface area contributed by atoms with Crippen molar-refractivity contribution >= 4 is 22.9 Å². The van der Waals surface area contributed by atoms with Gasteiger partial charge in [0.2, 0.25) is 0 Å². The van der Waals surface area contributed by atoms with Gasteiger partial charge in [-0.1, -0.05) is 0 Å². The first-order valence-electron chi connectivity index (χ1n) is 11.0. The van der Waals surface area contributed by atoms with Crippen molar-refractivity contribution < 1.29 is 13.9 Å². The van der Waals surface area contributed by atoms with Crippen molar-refractivity contribution in [2.75, 3.05) is 36.5 Å². The number of aromatic nitrogens is 3. The number of nitrogens with one attached hydrogen (secondary N) is 1. The molecule has 0 aromatic carbocycles. The third-order valence-corrected chi connectivity index (χ3v) is 6.52. The van der Waals surface area contributed by atoms with Gasteiger partial charge in [0, 0.05) is 36.6 Å². The molecule has 1 amide bonds. The Hall–Kier alpha value is -3.20. The highest BCUT2D eigenvalue weighted by Crippen LogP contribution is 2.37. The number of morpholine rings is 1. The van der Waals surface area contributed by atoms with Gasteiger partial charge in [-0.3, -0.25) is 4.79 Å². The van der Waals surface area contributed by atoms with Gasteiger partial charge in [0.15, 0.2) is 0 Å². The number of nitrogens with two attached hydrogens (primary N) is 1. The Kier molecular flexibility index (Phi) is 5.21. The van der Waals surface area contributed by atoms with Gasteiger partial charge in [0.25, 0.3) is 5.91 Å². The summed E-state index contributed by atoms with van der Waals surface area (Å²) in [5.74, 6) is 0.320. The summed E-state index contributed by atoms with van der Waals surface area (Å²) in [5, 5.41) is 7.62. The molecule has 0 bridgehead atoms. The molecule has 1 aliphatic heterocycles. The lowest BCUT2D eigenvalue weighted by atomic mass is 10.0. The molecule has 1 saturated heterocycles. The van der Waals surface area contributed by atoms with E-state index in [9.17, 15) is 9.18 Å². The Balaban J connectivity index is 1.50. The van der Waals surface area contributed by atoms with Crippen LogP contribution in [0.2, 0.25) is 0 Å². The van der Waals surface area contributed by atoms with Gasteiger partial charge in [0.1, 0.15) is 11.5 Å². The first kappa shape index (κ1) is 20.7. The lowest BCUT2D eigenvalue weighted by Crippen LogP contribution is -2.36. The molecule has 9 heteroatoms. The van der Waals surface area contributed by atoms with E-state index in [2.05, 4.69) is 20.3 Å². The zero-order valence-corrected chi connectivity index (χ0v) is 18.1.